The van der Waals surface area contributed by atoms with Crippen molar-refractivity contribution in [1.82, 2.24) is 16.0 Å². The molecule has 12 heteroatoms. The topological polar surface area (TPSA) is 164 Å². The zero-order valence-corrected chi connectivity index (χ0v) is 16.4. The number of hydrogen-bond donors (Lipinski definition) is 5. The largest absolute Gasteiger partial charge is 0.365 e. The van der Waals surface area contributed by atoms with Crippen LogP contribution in [0, 0.1) is 15.9 Å². The zero-order valence-electron chi connectivity index (χ0n) is 16.4. The number of carbonyl (C=O) groups excluding carboxylic acids is 2. The Morgan fingerprint density at radius 2 is 2.07 bits per heavy atom. The van der Waals surface area contributed by atoms with Crippen LogP contribution in [0.15, 0.2) is 29.4 Å². The molecule has 0 radical (unpaired) electrons. The number of rotatable bonds is 10. The molecule has 1 fully saturated rings. The number of carbonyl (C=O) groups is 2. The number of nitrogens with two attached hydrogens (primary N) is 1. The molecule has 0 aliphatic carbocycles. The number of nitrogens with zero attached hydrogens (tertiary/aromatic N) is 2. The molecule has 1 heterocycles. The molecule has 2 atom stereocenters. The summed E-state index contributed by atoms with van der Waals surface area (Å²) in [7, 11) is 0. The van der Waals surface area contributed by atoms with E-state index in [2.05, 4.69) is 26.4 Å². The summed E-state index contributed by atoms with van der Waals surface area (Å²) in [5, 5.41) is 23.2. The van der Waals surface area contributed by atoms with Gasteiger partial charge >= 0.3 is 0 Å². The average Bonchev–Trinajstić information content (AvgIpc) is 3.14. The monoisotopic (exact) mass is 423 g/mol. The SMILES string of the molecule is N/C(=N\[N+](=O)[O-])NCCCCCC(=O)NC1CNC(C(=O)Nc2ccccc2F)C1. The van der Waals surface area contributed by atoms with Gasteiger partial charge in [0.15, 0.2) is 5.03 Å². The number of anilines is 1. The number of amides is 2. The smallest absolute Gasteiger partial charge is 0.266 e. The van der Waals surface area contributed by atoms with Gasteiger partial charge < -0.3 is 27.0 Å². The molecule has 1 aliphatic rings. The van der Waals surface area contributed by atoms with E-state index in [1.807, 2.05) is 0 Å². The molecule has 1 aromatic rings. The summed E-state index contributed by atoms with van der Waals surface area (Å²) in [4.78, 5) is 34.4. The van der Waals surface area contributed by atoms with Crippen LogP contribution in [0.25, 0.3) is 0 Å². The summed E-state index contributed by atoms with van der Waals surface area (Å²) >= 11 is 0. The van der Waals surface area contributed by atoms with Crippen molar-refractivity contribution in [3.05, 3.63) is 40.2 Å². The van der Waals surface area contributed by atoms with Gasteiger partial charge in [-0.05, 0) is 31.4 Å². The molecule has 2 amide bonds. The lowest BCUT2D eigenvalue weighted by molar-refractivity contribution is -0.485. The second-order valence-electron chi connectivity index (χ2n) is 6.89. The van der Waals surface area contributed by atoms with Gasteiger partial charge in [0.25, 0.3) is 5.96 Å². The van der Waals surface area contributed by atoms with Crippen LogP contribution < -0.4 is 27.0 Å². The minimum atomic E-state index is -0.876. The maximum atomic E-state index is 13.6. The average molecular weight is 423 g/mol. The molecule has 0 saturated carbocycles. The number of unbranched alkanes of at least 4 members (excludes halogenated alkanes) is 2. The molecule has 6 N–H and O–H groups in total. The Kier molecular flexibility index (Phi) is 8.94. The number of hydrazone groups is 1. The molecule has 2 rings (SSSR count). The predicted octanol–water partition coefficient (Wildman–Crippen LogP) is 0.267. The van der Waals surface area contributed by atoms with Crippen molar-refractivity contribution >= 4 is 23.5 Å². The van der Waals surface area contributed by atoms with E-state index >= 15 is 0 Å². The normalized spacial score (nSPS) is 18.6. The standard InChI is InChI=1S/C18H26FN7O4/c19-13-6-3-4-7-14(13)24-17(28)15-10-12(11-22-15)23-16(27)8-2-1-5-9-21-18(20)25-26(29)30/h3-4,6-7,12,15,22H,1-2,5,8-11H2,(H,23,27)(H,24,28)(H3,20,21,25). The Balaban J connectivity index is 1.60. The molecule has 1 aromatic carbocycles. The minimum absolute atomic E-state index is 0.112. The quantitative estimate of drug-likeness (QED) is 0.118. The Bertz CT molecular complexity index is 790. The van der Waals surface area contributed by atoms with Crippen molar-refractivity contribution in [2.45, 2.75) is 44.2 Å². The van der Waals surface area contributed by atoms with E-state index in [1.165, 1.54) is 12.1 Å². The van der Waals surface area contributed by atoms with Crippen LogP contribution in [0.4, 0.5) is 10.1 Å². The van der Waals surface area contributed by atoms with Crippen LogP contribution in [0.3, 0.4) is 0 Å². The number of para-hydroxylation sites is 1. The van der Waals surface area contributed by atoms with Crippen LogP contribution >= 0.6 is 0 Å². The molecule has 164 valence electrons. The van der Waals surface area contributed by atoms with Crippen molar-refractivity contribution in [1.29, 1.82) is 0 Å². The Labute approximate surface area is 172 Å². The number of hydrogen-bond acceptors (Lipinski definition) is 5. The first-order valence-corrected chi connectivity index (χ1v) is 9.65. The summed E-state index contributed by atoms with van der Waals surface area (Å²) in [6.45, 7) is 0.885. The maximum Gasteiger partial charge on any atom is 0.266 e. The number of halogens is 1. The van der Waals surface area contributed by atoms with Gasteiger partial charge in [0, 0.05) is 25.6 Å². The summed E-state index contributed by atoms with van der Waals surface area (Å²) in [6, 6.07) is 5.25. The number of benzene rings is 1. The van der Waals surface area contributed by atoms with Gasteiger partial charge in [-0.3, -0.25) is 9.59 Å². The summed E-state index contributed by atoms with van der Waals surface area (Å²) in [5.41, 5.74) is 5.41. The second kappa shape index (κ2) is 11.7. The summed E-state index contributed by atoms with van der Waals surface area (Å²) in [5.74, 6) is -1.21. The minimum Gasteiger partial charge on any atom is -0.365 e. The first kappa shape index (κ1) is 23.0. The molecule has 2 unspecified atom stereocenters. The molecule has 30 heavy (non-hydrogen) atoms. The van der Waals surface area contributed by atoms with E-state index < -0.39 is 16.9 Å². The lowest BCUT2D eigenvalue weighted by Crippen LogP contribution is -2.36. The second-order valence-corrected chi connectivity index (χ2v) is 6.89. The van der Waals surface area contributed by atoms with Crippen LogP contribution in [0.1, 0.15) is 32.1 Å². The van der Waals surface area contributed by atoms with E-state index in [9.17, 15) is 24.1 Å². The molecule has 1 aliphatic heterocycles. The van der Waals surface area contributed by atoms with Crippen LogP contribution in [0.5, 0.6) is 0 Å². The van der Waals surface area contributed by atoms with E-state index in [1.54, 1.807) is 12.1 Å². The fourth-order valence-electron chi connectivity index (χ4n) is 3.05. The third kappa shape index (κ3) is 7.99. The fourth-order valence-corrected chi connectivity index (χ4v) is 3.05. The molecule has 1 saturated heterocycles. The zero-order chi connectivity index (χ0) is 21.9. The molecular weight excluding hydrogens is 397 g/mol. The highest BCUT2D eigenvalue weighted by atomic mass is 19.1. The molecule has 0 bridgehead atoms. The van der Waals surface area contributed by atoms with Crippen LogP contribution in [-0.2, 0) is 9.59 Å². The van der Waals surface area contributed by atoms with Gasteiger partial charge in [-0.2, -0.15) is 0 Å². The number of guanidine groups is 1. The van der Waals surface area contributed by atoms with Crippen LogP contribution in [-0.4, -0.2) is 48.0 Å². The maximum absolute atomic E-state index is 13.6. The molecular formula is C18H26FN7O4. The third-order valence-electron chi connectivity index (χ3n) is 4.52. The van der Waals surface area contributed by atoms with Gasteiger partial charge in [0.05, 0.1) is 11.7 Å². The fraction of sp³-hybridized carbons (Fsp3) is 0.500. The highest BCUT2D eigenvalue weighted by Crippen LogP contribution is 2.15. The molecule has 0 aromatic heterocycles. The molecule has 0 spiro atoms. The van der Waals surface area contributed by atoms with Crippen LogP contribution in [0.2, 0.25) is 0 Å². The summed E-state index contributed by atoms with van der Waals surface area (Å²) < 4.78 is 13.6. The van der Waals surface area contributed by atoms with Crippen molar-refractivity contribution in [3.63, 3.8) is 0 Å². The van der Waals surface area contributed by atoms with Gasteiger partial charge in [-0.25, -0.2) is 14.5 Å². The highest BCUT2D eigenvalue weighted by Gasteiger charge is 2.30. The lowest BCUT2D eigenvalue weighted by atomic mass is 10.1. The Morgan fingerprint density at radius 3 is 2.80 bits per heavy atom. The Hall–Kier alpha value is -3.28. The van der Waals surface area contributed by atoms with Gasteiger partial charge in [0.1, 0.15) is 10.9 Å². The van der Waals surface area contributed by atoms with E-state index in [0.717, 1.165) is 6.42 Å². The highest BCUT2D eigenvalue weighted by molar-refractivity contribution is 5.95. The van der Waals surface area contributed by atoms with E-state index in [-0.39, 0.29) is 29.5 Å². The first-order valence-electron chi connectivity index (χ1n) is 9.65. The third-order valence-corrected chi connectivity index (χ3v) is 4.52. The van der Waals surface area contributed by atoms with Crippen molar-refractivity contribution in [2.75, 3.05) is 18.4 Å². The van der Waals surface area contributed by atoms with E-state index in [4.69, 9.17) is 5.73 Å². The van der Waals surface area contributed by atoms with Gasteiger partial charge in [-0.1, -0.05) is 18.6 Å². The van der Waals surface area contributed by atoms with Crippen molar-refractivity contribution < 1.29 is 19.0 Å². The van der Waals surface area contributed by atoms with Crippen molar-refractivity contribution in [2.24, 2.45) is 10.8 Å². The van der Waals surface area contributed by atoms with Gasteiger partial charge in [0.2, 0.25) is 11.8 Å². The number of nitro groups is 1. The summed E-state index contributed by atoms with van der Waals surface area (Å²) in [6.07, 6.45) is 2.83. The van der Waals surface area contributed by atoms with Crippen molar-refractivity contribution in [3.8, 4) is 0 Å². The number of nitrogens with one attached hydrogen (secondary N) is 4. The lowest BCUT2D eigenvalue weighted by Gasteiger charge is -2.13. The van der Waals surface area contributed by atoms with Gasteiger partial charge in [-0.15, -0.1) is 0 Å². The van der Waals surface area contributed by atoms with E-state index in [0.29, 0.717) is 38.8 Å². The molecule has 11 nitrogen and oxygen atoms in total. The predicted molar refractivity (Wildman–Crippen MR) is 108 cm³/mol. The first-order chi connectivity index (χ1) is 14.3. The Morgan fingerprint density at radius 1 is 1.30 bits per heavy atom.